The van der Waals surface area contributed by atoms with Gasteiger partial charge >= 0.3 is 6.18 Å². The summed E-state index contributed by atoms with van der Waals surface area (Å²) in [6.07, 6.45) is -2.92. The summed E-state index contributed by atoms with van der Waals surface area (Å²) in [6.45, 7) is 1.70. The smallest absolute Gasteiger partial charge is 0.351 e. The van der Waals surface area contributed by atoms with Crippen LogP contribution < -0.4 is 5.43 Å². The number of rotatable bonds is 2. The van der Waals surface area contributed by atoms with E-state index >= 15 is 0 Å². The predicted octanol–water partition coefficient (Wildman–Crippen LogP) is 4.69. The second kappa shape index (κ2) is 6.49. The number of benzene rings is 1. The van der Waals surface area contributed by atoms with Crippen LogP contribution in [0.15, 0.2) is 52.8 Å². The van der Waals surface area contributed by atoms with E-state index in [9.17, 15) is 18.0 Å². The molecule has 0 bridgehead atoms. The van der Waals surface area contributed by atoms with E-state index in [0.29, 0.717) is 39.2 Å². The number of hydrogen-bond donors (Lipinski definition) is 1. The molecule has 5 aromatic rings. The van der Waals surface area contributed by atoms with Gasteiger partial charge in [0.25, 0.3) is 0 Å². The average Bonchev–Trinajstić information content (AvgIpc) is 3.37. The molecular formula is C20H12F3N5OS. The number of nitrogens with zero attached hydrogens (tertiary/aromatic N) is 4. The number of fused-ring (bicyclic) bond motifs is 2. The highest BCUT2D eigenvalue weighted by Crippen LogP contribution is 2.33. The third kappa shape index (κ3) is 2.96. The number of para-hydroxylation sites is 1. The van der Waals surface area contributed by atoms with Gasteiger partial charge in [0, 0.05) is 33.6 Å². The topological polar surface area (TPSA) is 75.9 Å². The Morgan fingerprint density at radius 3 is 2.67 bits per heavy atom. The number of thiazole rings is 1. The third-order valence-corrected chi connectivity index (χ3v) is 5.63. The van der Waals surface area contributed by atoms with Crippen molar-refractivity contribution in [1.82, 2.24) is 24.6 Å². The quantitative estimate of drug-likeness (QED) is 0.444. The largest absolute Gasteiger partial charge is 0.434 e. The molecule has 0 saturated carbocycles. The molecule has 0 atom stereocenters. The van der Waals surface area contributed by atoms with Gasteiger partial charge in [-0.15, -0.1) is 16.4 Å². The van der Waals surface area contributed by atoms with E-state index in [2.05, 4.69) is 20.1 Å². The maximum absolute atomic E-state index is 12.8. The molecule has 0 radical (unpaired) electrons. The van der Waals surface area contributed by atoms with E-state index in [0.717, 1.165) is 16.7 Å². The molecule has 0 fully saturated rings. The van der Waals surface area contributed by atoms with Crippen LogP contribution in [0.1, 0.15) is 11.3 Å². The molecule has 10 heteroatoms. The fraction of sp³-hybridized carbons (Fsp3) is 0.100. The zero-order valence-corrected chi connectivity index (χ0v) is 16.2. The molecule has 30 heavy (non-hydrogen) atoms. The number of pyridine rings is 2. The average molecular weight is 427 g/mol. The summed E-state index contributed by atoms with van der Waals surface area (Å²) in [7, 11) is 0. The first-order valence-electron chi connectivity index (χ1n) is 8.83. The molecule has 0 aliphatic carbocycles. The number of alkyl halides is 3. The van der Waals surface area contributed by atoms with Crippen molar-refractivity contribution in [2.75, 3.05) is 0 Å². The lowest BCUT2D eigenvalue weighted by molar-refractivity contribution is -0.140. The molecule has 0 amide bonds. The van der Waals surface area contributed by atoms with Gasteiger partial charge in [0.15, 0.2) is 22.6 Å². The summed E-state index contributed by atoms with van der Waals surface area (Å²) in [5, 5.41) is 6.22. The molecule has 0 saturated heterocycles. The summed E-state index contributed by atoms with van der Waals surface area (Å²) in [4.78, 5) is 24.0. The predicted molar refractivity (Wildman–Crippen MR) is 107 cm³/mol. The van der Waals surface area contributed by atoms with Gasteiger partial charge in [-0.3, -0.25) is 4.79 Å². The van der Waals surface area contributed by atoms with E-state index in [1.807, 2.05) is 6.07 Å². The lowest BCUT2D eigenvalue weighted by atomic mass is 10.1. The van der Waals surface area contributed by atoms with Crippen LogP contribution in [0.5, 0.6) is 0 Å². The van der Waals surface area contributed by atoms with Crippen molar-refractivity contribution in [3.05, 3.63) is 69.5 Å². The minimum Gasteiger partial charge on any atom is -0.351 e. The van der Waals surface area contributed by atoms with E-state index in [4.69, 9.17) is 0 Å². The zero-order valence-electron chi connectivity index (χ0n) is 15.4. The van der Waals surface area contributed by atoms with Crippen molar-refractivity contribution in [3.63, 3.8) is 0 Å². The van der Waals surface area contributed by atoms with E-state index in [1.165, 1.54) is 4.52 Å². The first kappa shape index (κ1) is 18.5. The highest BCUT2D eigenvalue weighted by Gasteiger charge is 2.33. The van der Waals surface area contributed by atoms with Crippen molar-refractivity contribution >= 4 is 27.9 Å². The standard InChI is InChI=1S/C20H12F3N5OS/c1-10-16(24-13-5-3-2-4-12(13)17(10)29)18-26-15-7-6-11(8-28(15)27-18)19-25-14(9-30-19)20(21,22)23/h2-9H,1H3,(H,24,29). The summed E-state index contributed by atoms with van der Waals surface area (Å²) in [5.74, 6) is 0.322. The number of nitrogens with one attached hydrogen (secondary N) is 1. The van der Waals surface area contributed by atoms with Crippen LogP contribution in [0.4, 0.5) is 13.2 Å². The molecule has 5 rings (SSSR count). The van der Waals surface area contributed by atoms with Crippen molar-refractivity contribution in [3.8, 4) is 22.1 Å². The maximum Gasteiger partial charge on any atom is 0.434 e. The second-order valence-corrected chi connectivity index (χ2v) is 7.55. The fourth-order valence-corrected chi connectivity index (χ4v) is 4.03. The number of aromatic amines is 1. The Morgan fingerprint density at radius 1 is 1.10 bits per heavy atom. The molecule has 150 valence electrons. The molecule has 4 heterocycles. The Hall–Kier alpha value is -3.53. The Labute approximate surface area is 170 Å². The lowest BCUT2D eigenvalue weighted by Gasteiger charge is -2.04. The first-order valence-corrected chi connectivity index (χ1v) is 9.71. The van der Waals surface area contributed by atoms with Crippen molar-refractivity contribution < 1.29 is 13.2 Å². The Kier molecular flexibility index (Phi) is 4.00. The van der Waals surface area contributed by atoms with Crippen molar-refractivity contribution in [2.45, 2.75) is 13.1 Å². The maximum atomic E-state index is 12.8. The molecular weight excluding hydrogens is 415 g/mol. The summed E-state index contributed by atoms with van der Waals surface area (Å²) >= 11 is 0.907. The van der Waals surface area contributed by atoms with Crippen LogP contribution in [-0.4, -0.2) is 24.6 Å². The van der Waals surface area contributed by atoms with Gasteiger partial charge in [-0.25, -0.2) is 14.5 Å². The summed E-state index contributed by atoms with van der Waals surface area (Å²) in [6, 6.07) is 10.5. The van der Waals surface area contributed by atoms with E-state index in [-0.39, 0.29) is 10.4 Å². The molecule has 0 spiro atoms. The fourth-order valence-electron chi connectivity index (χ4n) is 3.21. The van der Waals surface area contributed by atoms with Crippen molar-refractivity contribution in [1.29, 1.82) is 0 Å². The van der Waals surface area contributed by atoms with Crippen LogP contribution >= 0.6 is 11.3 Å². The number of hydrogen-bond acceptors (Lipinski definition) is 5. The van der Waals surface area contributed by atoms with Gasteiger partial charge in [-0.2, -0.15) is 13.2 Å². The van der Waals surface area contributed by atoms with Crippen LogP contribution in [0, 0.1) is 6.92 Å². The normalized spacial score (nSPS) is 12.1. The number of H-pyrrole nitrogens is 1. The first-order chi connectivity index (χ1) is 14.3. The SMILES string of the molecule is Cc1c(-c2nc3ccc(-c4nc(C(F)(F)F)cs4)cn3n2)[nH]c2ccccc2c1=O. The van der Waals surface area contributed by atoms with Gasteiger partial charge in [0.05, 0.1) is 5.69 Å². The van der Waals surface area contributed by atoms with Gasteiger partial charge in [0.2, 0.25) is 0 Å². The summed E-state index contributed by atoms with van der Waals surface area (Å²) < 4.78 is 40.0. The molecule has 6 nitrogen and oxygen atoms in total. The lowest BCUT2D eigenvalue weighted by Crippen LogP contribution is -2.09. The second-order valence-electron chi connectivity index (χ2n) is 6.69. The molecule has 0 aliphatic heterocycles. The van der Waals surface area contributed by atoms with E-state index in [1.54, 1.807) is 43.5 Å². The number of halogens is 3. The minimum atomic E-state index is -4.49. The van der Waals surface area contributed by atoms with Crippen molar-refractivity contribution in [2.24, 2.45) is 0 Å². The Balaban J connectivity index is 1.61. The van der Waals surface area contributed by atoms with Gasteiger partial charge < -0.3 is 4.98 Å². The molecule has 4 aromatic heterocycles. The minimum absolute atomic E-state index is 0.110. The van der Waals surface area contributed by atoms with Gasteiger partial charge in [-0.1, -0.05) is 12.1 Å². The molecule has 1 N–H and O–H groups in total. The van der Waals surface area contributed by atoms with E-state index < -0.39 is 11.9 Å². The Morgan fingerprint density at radius 2 is 1.90 bits per heavy atom. The highest BCUT2D eigenvalue weighted by atomic mass is 32.1. The van der Waals surface area contributed by atoms with Gasteiger partial charge in [-0.05, 0) is 31.2 Å². The molecule has 0 aliphatic rings. The van der Waals surface area contributed by atoms with Gasteiger partial charge in [0.1, 0.15) is 5.01 Å². The third-order valence-electron chi connectivity index (χ3n) is 4.74. The van der Waals surface area contributed by atoms with Crippen LogP contribution in [0.25, 0.3) is 38.6 Å². The number of aromatic nitrogens is 5. The monoisotopic (exact) mass is 427 g/mol. The van der Waals surface area contributed by atoms with Crippen LogP contribution in [-0.2, 0) is 6.18 Å². The van der Waals surface area contributed by atoms with Crippen LogP contribution in [0.2, 0.25) is 0 Å². The molecule has 1 aromatic carbocycles. The molecule has 0 unspecified atom stereocenters. The zero-order chi connectivity index (χ0) is 21.0. The highest BCUT2D eigenvalue weighted by molar-refractivity contribution is 7.13. The van der Waals surface area contributed by atoms with Crippen LogP contribution in [0.3, 0.4) is 0 Å². The summed E-state index contributed by atoms with van der Waals surface area (Å²) in [5.41, 5.74) is 1.60. The Bertz CT molecular complexity index is 1480.